The summed E-state index contributed by atoms with van der Waals surface area (Å²) < 4.78 is 21.2. The SMILES string of the molecule is C=CCOC(=O)N[C@@H](CC(=O)OC(C)(C)C)C(O)COC(=O)c1ccccc1Oc1ccccc1. The van der Waals surface area contributed by atoms with Crippen molar-refractivity contribution >= 4 is 18.0 Å². The van der Waals surface area contributed by atoms with Gasteiger partial charge in [-0.15, -0.1) is 0 Å². The smallest absolute Gasteiger partial charge is 0.407 e. The Morgan fingerprint density at radius 3 is 2.34 bits per heavy atom. The number of esters is 2. The summed E-state index contributed by atoms with van der Waals surface area (Å²) in [5, 5.41) is 13.0. The molecule has 2 rings (SSSR count). The lowest BCUT2D eigenvalue weighted by atomic mass is 10.1. The Balaban J connectivity index is 2.06. The van der Waals surface area contributed by atoms with Crippen LogP contribution in [-0.2, 0) is 19.0 Å². The Labute approximate surface area is 204 Å². The van der Waals surface area contributed by atoms with Crippen LogP contribution in [-0.4, -0.2) is 54.1 Å². The van der Waals surface area contributed by atoms with Gasteiger partial charge in [-0.2, -0.15) is 0 Å². The topological polar surface area (TPSA) is 120 Å². The summed E-state index contributed by atoms with van der Waals surface area (Å²) in [5.41, 5.74) is -0.615. The summed E-state index contributed by atoms with van der Waals surface area (Å²) in [5.74, 6) is -0.596. The van der Waals surface area contributed by atoms with Crippen molar-refractivity contribution < 1.29 is 38.4 Å². The quantitative estimate of drug-likeness (QED) is 0.278. The minimum Gasteiger partial charge on any atom is -0.460 e. The molecule has 9 nitrogen and oxygen atoms in total. The summed E-state index contributed by atoms with van der Waals surface area (Å²) >= 11 is 0. The predicted molar refractivity (Wildman–Crippen MR) is 128 cm³/mol. The van der Waals surface area contributed by atoms with E-state index in [-0.39, 0.29) is 24.3 Å². The molecule has 0 radical (unpaired) electrons. The van der Waals surface area contributed by atoms with E-state index in [1.54, 1.807) is 63.2 Å². The first-order valence-corrected chi connectivity index (χ1v) is 11.0. The molecule has 1 amide bonds. The van der Waals surface area contributed by atoms with Gasteiger partial charge in [0.1, 0.15) is 42.0 Å². The highest BCUT2D eigenvalue weighted by molar-refractivity contribution is 5.92. The van der Waals surface area contributed by atoms with E-state index < -0.39 is 42.4 Å². The summed E-state index contributed by atoms with van der Waals surface area (Å²) in [6, 6.07) is 14.3. The van der Waals surface area contributed by atoms with Gasteiger partial charge in [0.2, 0.25) is 0 Å². The Bertz CT molecular complexity index is 1000. The number of carbonyl (C=O) groups is 3. The fourth-order valence-corrected chi connectivity index (χ4v) is 2.87. The van der Waals surface area contributed by atoms with Crippen LogP contribution in [0.5, 0.6) is 11.5 Å². The third-order valence-electron chi connectivity index (χ3n) is 4.37. The lowest BCUT2D eigenvalue weighted by Crippen LogP contribution is -2.47. The molecular formula is C26H31NO8. The first kappa shape index (κ1) is 27.4. The molecule has 2 atom stereocenters. The number of hydrogen-bond acceptors (Lipinski definition) is 8. The van der Waals surface area contributed by atoms with Crippen molar-refractivity contribution in [3.8, 4) is 11.5 Å². The number of nitrogens with one attached hydrogen (secondary N) is 1. The van der Waals surface area contributed by atoms with Crippen molar-refractivity contribution in [1.29, 1.82) is 0 Å². The van der Waals surface area contributed by atoms with Crippen molar-refractivity contribution in [2.75, 3.05) is 13.2 Å². The van der Waals surface area contributed by atoms with Crippen LogP contribution in [0.4, 0.5) is 4.79 Å². The number of rotatable bonds is 11. The zero-order valence-corrected chi connectivity index (χ0v) is 20.1. The molecule has 188 valence electrons. The van der Waals surface area contributed by atoms with E-state index in [9.17, 15) is 19.5 Å². The first-order valence-electron chi connectivity index (χ1n) is 11.0. The molecule has 2 aromatic carbocycles. The summed E-state index contributed by atoms with van der Waals surface area (Å²) in [6.07, 6.45) is -1.29. The van der Waals surface area contributed by atoms with Gasteiger partial charge in [-0.3, -0.25) is 4.79 Å². The molecule has 0 aliphatic heterocycles. The Morgan fingerprint density at radius 1 is 1.03 bits per heavy atom. The Morgan fingerprint density at radius 2 is 1.69 bits per heavy atom. The van der Waals surface area contributed by atoms with E-state index in [1.165, 1.54) is 12.1 Å². The second kappa shape index (κ2) is 13.1. The number of aliphatic hydroxyl groups is 1. The molecule has 1 unspecified atom stereocenters. The summed E-state index contributed by atoms with van der Waals surface area (Å²) in [7, 11) is 0. The largest absolute Gasteiger partial charge is 0.460 e. The molecule has 0 heterocycles. The molecule has 2 N–H and O–H groups in total. The third kappa shape index (κ3) is 9.89. The van der Waals surface area contributed by atoms with Gasteiger partial charge in [-0.05, 0) is 45.0 Å². The van der Waals surface area contributed by atoms with Crippen LogP contribution in [0.25, 0.3) is 0 Å². The van der Waals surface area contributed by atoms with Gasteiger partial charge in [-0.25, -0.2) is 9.59 Å². The van der Waals surface area contributed by atoms with Gasteiger partial charge in [-0.1, -0.05) is 43.0 Å². The van der Waals surface area contributed by atoms with Gasteiger partial charge in [0, 0.05) is 0 Å². The van der Waals surface area contributed by atoms with Gasteiger partial charge >= 0.3 is 18.0 Å². The fraction of sp³-hybridized carbons (Fsp3) is 0.346. The van der Waals surface area contributed by atoms with Crippen molar-refractivity contribution in [2.45, 2.75) is 44.9 Å². The van der Waals surface area contributed by atoms with Crippen molar-refractivity contribution in [1.82, 2.24) is 5.32 Å². The monoisotopic (exact) mass is 485 g/mol. The van der Waals surface area contributed by atoms with Crippen LogP contribution in [0.15, 0.2) is 67.3 Å². The normalized spacial score (nSPS) is 12.6. The number of hydrogen-bond donors (Lipinski definition) is 2. The van der Waals surface area contributed by atoms with Gasteiger partial charge in [0.05, 0.1) is 12.5 Å². The molecule has 0 saturated carbocycles. The van der Waals surface area contributed by atoms with Crippen LogP contribution in [0, 0.1) is 0 Å². The summed E-state index contributed by atoms with van der Waals surface area (Å²) in [6.45, 7) is 7.96. The molecule has 0 aliphatic carbocycles. The molecule has 0 aromatic heterocycles. The van der Waals surface area contributed by atoms with Gasteiger partial charge < -0.3 is 29.4 Å². The van der Waals surface area contributed by atoms with Crippen LogP contribution < -0.4 is 10.1 Å². The lowest BCUT2D eigenvalue weighted by Gasteiger charge is -2.25. The number of amides is 1. The Kier molecular flexibility index (Phi) is 10.3. The maximum absolute atomic E-state index is 12.7. The van der Waals surface area contributed by atoms with Crippen molar-refractivity contribution in [3.63, 3.8) is 0 Å². The highest BCUT2D eigenvalue weighted by Gasteiger charge is 2.29. The summed E-state index contributed by atoms with van der Waals surface area (Å²) in [4.78, 5) is 37.0. The average Bonchev–Trinajstić information content (AvgIpc) is 2.80. The van der Waals surface area contributed by atoms with Gasteiger partial charge in [0.25, 0.3) is 0 Å². The zero-order chi connectivity index (χ0) is 25.8. The predicted octanol–water partition coefficient (Wildman–Crippen LogP) is 4.01. The number of aliphatic hydroxyl groups excluding tert-OH is 1. The second-order valence-electron chi connectivity index (χ2n) is 8.51. The maximum atomic E-state index is 12.7. The van der Waals surface area contributed by atoms with E-state index in [0.29, 0.717) is 5.75 Å². The molecule has 2 aromatic rings. The molecule has 0 spiro atoms. The van der Waals surface area contributed by atoms with Crippen molar-refractivity contribution in [2.24, 2.45) is 0 Å². The maximum Gasteiger partial charge on any atom is 0.407 e. The van der Waals surface area contributed by atoms with Crippen LogP contribution in [0.2, 0.25) is 0 Å². The zero-order valence-electron chi connectivity index (χ0n) is 20.1. The van der Waals surface area contributed by atoms with Crippen LogP contribution >= 0.6 is 0 Å². The fourth-order valence-electron chi connectivity index (χ4n) is 2.87. The highest BCUT2D eigenvalue weighted by atomic mass is 16.6. The van der Waals surface area contributed by atoms with Crippen LogP contribution in [0.1, 0.15) is 37.6 Å². The highest BCUT2D eigenvalue weighted by Crippen LogP contribution is 2.25. The van der Waals surface area contributed by atoms with Crippen molar-refractivity contribution in [3.05, 3.63) is 72.8 Å². The molecular weight excluding hydrogens is 454 g/mol. The molecule has 35 heavy (non-hydrogen) atoms. The minimum absolute atomic E-state index is 0.0612. The molecule has 0 bridgehead atoms. The number of alkyl carbamates (subject to hydrolysis) is 1. The molecule has 0 fully saturated rings. The van der Waals surface area contributed by atoms with E-state index in [2.05, 4.69) is 11.9 Å². The average molecular weight is 486 g/mol. The first-order chi connectivity index (χ1) is 16.6. The van der Waals surface area contributed by atoms with E-state index in [1.807, 2.05) is 6.07 Å². The third-order valence-corrected chi connectivity index (χ3v) is 4.37. The number of benzene rings is 2. The van der Waals surface area contributed by atoms with E-state index in [4.69, 9.17) is 18.9 Å². The second-order valence-corrected chi connectivity index (χ2v) is 8.51. The Hall–Kier alpha value is -3.85. The number of ether oxygens (including phenoxy) is 4. The lowest BCUT2D eigenvalue weighted by molar-refractivity contribution is -0.156. The molecule has 9 heteroatoms. The minimum atomic E-state index is -1.43. The van der Waals surface area contributed by atoms with Gasteiger partial charge in [0.15, 0.2) is 0 Å². The number of para-hydroxylation sites is 2. The number of carbonyl (C=O) groups excluding carboxylic acids is 3. The van der Waals surface area contributed by atoms with E-state index >= 15 is 0 Å². The van der Waals surface area contributed by atoms with E-state index in [0.717, 1.165) is 0 Å². The van der Waals surface area contributed by atoms with Crippen LogP contribution in [0.3, 0.4) is 0 Å². The molecule has 0 saturated heterocycles. The molecule has 0 aliphatic rings. The standard InChI is InChI=1S/C26H31NO8/c1-5-15-32-25(31)27-20(16-23(29)35-26(2,3)4)21(28)17-33-24(30)19-13-9-10-14-22(19)34-18-11-7-6-8-12-18/h5-14,20-21,28H,1,15-17H2,2-4H3,(H,27,31)/t20-,21?/m0/s1.